The van der Waals surface area contributed by atoms with E-state index in [2.05, 4.69) is 25.9 Å². The number of H-pyrrole nitrogens is 1. The summed E-state index contributed by atoms with van der Waals surface area (Å²) in [6.45, 7) is 2.94. The molecule has 1 aromatic carbocycles. The zero-order valence-corrected chi connectivity index (χ0v) is 19.9. The van der Waals surface area contributed by atoms with E-state index < -0.39 is 23.9 Å². The molecule has 0 saturated carbocycles. The number of fused-ring (bicyclic) bond motifs is 1. The van der Waals surface area contributed by atoms with Crippen LogP contribution in [-0.2, 0) is 9.59 Å². The lowest BCUT2D eigenvalue weighted by Crippen LogP contribution is -2.48. The fourth-order valence-corrected chi connectivity index (χ4v) is 3.42. The SMILES string of the molecule is CCO.CN1c2c(nc(N)[nH]c2=O)NCC1CNc1ccc(C(=O)N[C@@H](CCC(=O)O)C(=O)O)cc1. The lowest BCUT2D eigenvalue weighted by atomic mass is 10.1. The van der Waals surface area contributed by atoms with Gasteiger partial charge < -0.3 is 41.9 Å². The van der Waals surface area contributed by atoms with Gasteiger partial charge in [0.15, 0.2) is 5.82 Å². The van der Waals surface area contributed by atoms with Crippen LogP contribution in [0.3, 0.4) is 0 Å². The molecule has 0 spiro atoms. The number of aliphatic hydroxyl groups excluding tert-OH is 1. The summed E-state index contributed by atoms with van der Waals surface area (Å²) >= 11 is 0. The Bertz CT molecular complexity index is 1120. The number of nitrogen functional groups attached to an aromatic ring is 1. The van der Waals surface area contributed by atoms with Crippen molar-refractivity contribution in [1.29, 1.82) is 0 Å². The number of amides is 1. The van der Waals surface area contributed by atoms with E-state index in [4.69, 9.17) is 15.9 Å². The molecule has 1 aliphatic heterocycles. The summed E-state index contributed by atoms with van der Waals surface area (Å²) in [7, 11) is 1.79. The summed E-state index contributed by atoms with van der Waals surface area (Å²) in [6, 6.07) is 5.03. The van der Waals surface area contributed by atoms with E-state index >= 15 is 0 Å². The molecular weight excluding hydrogens is 474 g/mol. The van der Waals surface area contributed by atoms with Crippen molar-refractivity contribution in [2.24, 2.45) is 0 Å². The monoisotopic (exact) mass is 505 g/mol. The van der Waals surface area contributed by atoms with Crippen LogP contribution in [0, 0.1) is 0 Å². The van der Waals surface area contributed by atoms with Crippen LogP contribution in [0.5, 0.6) is 0 Å². The number of aromatic nitrogens is 2. The Morgan fingerprint density at radius 2 is 1.89 bits per heavy atom. The molecule has 36 heavy (non-hydrogen) atoms. The zero-order chi connectivity index (χ0) is 26.8. The van der Waals surface area contributed by atoms with Crippen molar-refractivity contribution >= 4 is 41.0 Å². The van der Waals surface area contributed by atoms with Crippen molar-refractivity contribution in [2.75, 3.05) is 48.0 Å². The number of nitrogens with zero attached hydrogens (tertiary/aromatic N) is 2. The molecule has 1 unspecified atom stereocenters. The number of carbonyl (C=O) groups is 3. The van der Waals surface area contributed by atoms with Crippen molar-refractivity contribution in [2.45, 2.75) is 31.8 Å². The molecule has 1 aliphatic rings. The highest BCUT2D eigenvalue weighted by atomic mass is 16.4. The largest absolute Gasteiger partial charge is 0.481 e. The Morgan fingerprint density at radius 3 is 2.47 bits per heavy atom. The highest BCUT2D eigenvalue weighted by molar-refractivity contribution is 5.97. The number of aromatic amines is 1. The number of carboxylic acid groups (broad SMARTS) is 2. The van der Waals surface area contributed by atoms with Gasteiger partial charge in [0.25, 0.3) is 11.5 Å². The first-order valence-electron chi connectivity index (χ1n) is 11.1. The second-order valence-corrected chi connectivity index (χ2v) is 7.87. The number of hydrogen-bond acceptors (Lipinski definition) is 10. The Balaban J connectivity index is 0.00000145. The van der Waals surface area contributed by atoms with Gasteiger partial charge in [-0.3, -0.25) is 19.4 Å². The van der Waals surface area contributed by atoms with E-state index in [1.807, 2.05) is 4.90 Å². The van der Waals surface area contributed by atoms with Crippen LogP contribution in [-0.4, -0.2) is 82.0 Å². The summed E-state index contributed by atoms with van der Waals surface area (Å²) in [6.07, 6.45) is -0.586. The normalized spacial score (nSPS) is 14.9. The number of benzene rings is 1. The predicted octanol–water partition coefficient (Wildman–Crippen LogP) is -0.259. The Kier molecular flexibility index (Phi) is 10.0. The third-order valence-electron chi connectivity index (χ3n) is 5.26. The lowest BCUT2D eigenvalue weighted by Gasteiger charge is -2.35. The minimum Gasteiger partial charge on any atom is -0.481 e. The molecule has 1 aromatic heterocycles. The third kappa shape index (κ3) is 7.59. The number of hydrogen-bond donors (Lipinski definition) is 8. The molecule has 2 atom stereocenters. The highest BCUT2D eigenvalue weighted by Gasteiger charge is 2.27. The molecule has 9 N–H and O–H groups in total. The van der Waals surface area contributed by atoms with Gasteiger partial charge in [-0.1, -0.05) is 0 Å². The molecule has 0 saturated heterocycles. The molecule has 196 valence electrons. The average Bonchev–Trinajstić information content (AvgIpc) is 2.81. The summed E-state index contributed by atoms with van der Waals surface area (Å²) in [5, 5.41) is 34.1. The van der Waals surface area contributed by atoms with Crippen molar-refractivity contribution in [3.63, 3.8) is 0 Å². The van der Waals surface area contributed by atoms with E-state index in [-0.39, 0.29) is 42.6 Å². The van der Waals surface area contributed by atoms with Crippen LogP contribution in [0.15, 0.2) is 29.1 Å². The van der Waals surface area contributed by atoms with E-state index in [1.165, 1.54) is 12.1 Å². The summed E-state index contributed by atoms with van der Waals surface area (Å²) < 4.78 is 0. The Morgan fingerprint density at radius 1 is 1.25 bits per heavy atom. The number of aliphatic carboxylic acids is 2. The van der Waals surface area contributed by atoms with Gasteiger partial charge in [0.1, 0.15) is 11.7 Å². The van der Waals surface area contributed by atoms with Gasteiger partial charge in [-0.15, -0.1) is 0 Å². The van der Waals surface area contributed by atoms with Crippen molar-refractivity contribution < 1.29 is 29.7 Å². The first kappa shape index (κ1) is 27.9. The summed E-state index contributed by atoms with van der Waals surface area (Å²) in [5.74, 6) is -2.59. The van der Waals surface area contributed by atoms with Crippen LogP contribution in [0.25, 0.3) is 0 Å². The van der Waals surface area contributed by atoms with Crippen LogP contribution in [0.2, 0.25) is 0 Å². The maximum absolute atomic E-state index is 12.3. The number of rotatable bonds is 9. The second-order valence-electron chi connectivity index (χ2n) is 7.87. The third-order valence-corrected chi connectivity index (χ3v) is 5.26. The fourth-order valence-electron chi connectivity index (χ4n) is 3.42. The highest BCUT2D eigenvalue weighted by Crippen LogP contribution is 2.25. The lowest BCUT2D eigenvalue weighted by molar-refractivity contribution is -0.140. The molecule has 2 aromatic rings. The molecule has 0 fully saturated rings. The average molecular weight is 506 g/mol. The van der Waals surface area contributed by atoms with Crippen molar-refractivity contribution in [3.8, 4) is 0 Å². The number of aliphatic hydroxyl groups is 1. The van der Waals surface area contributed by atoms with Crippen LogP contribution >= 0.6 is 0 Å². The number of nitrogens with one attached hydrogen (secondary N) is 4. The molecule has 0 bridgehead atoms. The van der Waals surface area contributed by atoms with Gasteiger partial charge in [0.2, 0.25) is 5.95 Å². The molecule has 14 heteroatoms. The standard InChI is InChI=1S/C20H25N7O6.C2H6O/c1-27-12(9-23-16-15(27)18(31)26-20(21)25-16)8-22-11-4-2-10(3-5-11)17(30)24-13(19(32)33)6-7-14(28)29;1-2-3/h2-5,12-13,22H,6-9H2,1H3,(H,24,30)(H,28,29)(H,32,33)(H4,21,23,25,26,31);3H,2H2,1H3/t12?,13-;/m0./s1. The molecule has 1 amide bonds. The topological polar surface area (TPSA) is 223 Å². The Hall–Kier alpha value is -4.33. The van der Waals surface area contributed by atoms with Crippen molar-refractivity contribution in [3.05, 3.63) is 40.2 Å². The summed E-state index contributed by atoms with van der Waals surface area (Å²) in [5.41, 5.74) is 6.59. The van der Waals surface area contributed by atoms with Crippen LogP contribution in [0.4, 0.5) is 23.1 Å². The van der Waals surface area contributed by atoms with Crippen LogP contribution < -0.4 is 32.1 Å². The number of anilines is 4. The van der Waals surface area contributed by atoms with Gasteiger partial charge in [-0.25, -0.2) is 4.79 Å². The molecule has 0 aliphatic carbocycles. The molecule has 0 radical (unpaired) electrons. The minimum absolute atomic E-state index is 0.0388. The number of carbonyl (C=O) groups excluding carboxylic acids is 1. The van der Waals surface area contributed by atoms with Gasteiger partial charge in [0, 0.05) is 44.4 Å². The quantitative estimate of drug-likeness (QED) is 0.221. The molecule has 2 heterocycles. The molecule has 14 nitrogen and oxygen atoms in total. The predicted molar refractivity (Wildman–Crippen MR) is 133 cm³/mol. The Labute approximate surface area is 206 Å². The number of likely N-dealkylation sites (N-methyl/N-ethyl adjacent to an activating group) is 1. The number of nitrogens with two attached hydrogens (primary N) is 1. The van der Waals surface area contributed by atoms with Gasteiger partial charge in [0.05, 0.1) is 6.04 Å². The molecular formula is C22H31N7O7. The van der Waals surface area contributed by atoms with E-state index in [9.17, 15) is 24.3 Å². The van der Waals surface area contributed by atoms with E-state index in [1.54, 1.807) is 26.1 Å². The minimum atomic E-state index is -1.30. The first-order valence-corrected chi connectivity index (χ1v) is 11.1. The molecule has 3 rings (SSSR count). The fraction of sp³-hybridized carbons (Fsp3) is 0.409. The second kappa shape index (κ2) is 12.9. The first-order chi connectivity index (χ1) is 17.1. The van der Waals surface area contributed by atoms with Gasteiger partial charge >= 0.3 is 11.9 Å². The van der Waals surface area contributed by atoms with Crippen molar-refractivity contribution in [1.82, 2.24) is 15.3 Å². The van der Waals surface area contributed by atoms with Gasteiger partial charge in [-0.2, -0.15) is 4.98 Å². The van der Waals surface area contributed by atoms with E-state index in [0.29, 0.717) is 24.6 Å². The van der Waals surface area contributed by atoms with E-state index in [0.717, 1.165) is 5.69 Å². The van der Waals surface area contributed by atoms with Gasteiger partial charge in [-0.05, 0) is 37.6 Å². The maximum Gasteiger partial charge on any atom is 0.326 e. The zero-order valence-electron chi connectivity index (χ0n) is 19.9. The van der Waals surface area contributed by atoms with Crippen LogP contribution in [0.1, 0.15) is 30.1 Å². The number of carboxylic acids is 2. The smallest absolute Gasteiger partial charge is 0.326 e. The summed E-state index contributed by atoms with van der Waals surface area (Å²) in [4.78, 5) is 54.9. The maximum atomic E-state index is 12.3.